The van der Waals surface area contributed by atoms with Crippen molar-refractivity contribution in [3.8, 4) is 0 Å². The smallest absolute Gasteiger partial charge is 0.313 e. The van der Waals surface area contributed by atoms with Crippen LogP contribution < -0.4 is 0 Å². The van der Waals surface area contributed by atoms with Crippen LogP contribution in [0.1, 0.15) is 5.82 Å². The number of aryl methyl sites for hydroxylation is 1. The molecule has 0 spiro atoms. The van der Waals surface area contributed by atoms with Gasteiger partial charge in [-0.15, -0.1) is 0 Å². The molecule has 0 aliphatic rings. The maximum absolute atomic E-state index is 11.1. The normalized spacial score (nSPS) is 10.5. The number of methoxy groups -OCH3 is 1. The fourth-order valence-corrected chi connectivity index (χ4v) is 1.46. The summed E-state index contributed by atoms with van der Waals surface area (Å²) >= 11 is 0. The van der Waals surface area contributed by atoms with E-state index in [4.69, 9.17) is 0 Å². The zero-order chi connectivity index (χ0) is 10.8. The van der Waals surface area contributed by atoms with E-state index < -0.39 is 0 Å². The molecule has 0 aromatic carbocycles. The third kappa shape index (κ3) is 1.68. The van der Waals surface area contributed by atoms with Crippen molar-refractivity contribution in [1.29, 1.82) is 0 Å². The summed E-state index contributed by atoms with van der Waals surface area (Å²) in [4.78, 5) is 19.4. The lowest BCUT2D eigenvalue weighted by molar-refractivity contribution is -0.139. The Morgan fingerprint density at radius 2 is 2.40 bits per heavy atom. The second-order valence-electron chi connectivity index (χ2n) is 3.20. The van der Waals surface area contributed by atoms with Crippen LogP contribution in [0.4, 0.5) is 0 Å². The van der Waals surface area contributed by atoms with Crippen molar-refractivity contribution in [2.75, 3.05) is 7.11 Å². The van der Waals surface area contributed by atoms with E-state index >= 15 is 0 Å². The quantitative estimate of drug-likeness (QED) is 0.676. The largest absolute Gasteiger partial charge is 0.469 e. The predicted molar refractivity (Wildman–Crippen MR) is 54.2 cm³/mol. The first kappa shape index (κ1) is 9.64. The molecule has 2 rings (SSSR count). The highest BCUT2D eigenvalue weighted by Gasteiger charge is 2.11. The Morgan fingerprint density at radius 3 is 3.07 bits per heavy atom. The van der Waals surface area contributed by atoms with Crippen LogP contribution in [0.5, 0.6) is 0 Å². The third-order valence-electron chi connectivity index (χ3n) is 2.31. The Balaban J connectivity index is 2.44. The van der Waals surface area contributed by atoms with Gasteiger partial charge in [0.2, 0.25) is 0 Å². The second kappa shape index (κ2) is 3.68. The van der Waals surface area contributed by atoms with Gasteiger partial charge in [-0.25, -0.2) is 4.98 Å². The Morgan fingerprint density at radius 1 is 1.60 bits per heavy atom. The molecule has 2 aromatic heterocycles. The number of fused-ring (bicyclic) bond motifs is 1. The second-order valence-corrected chi connectivity index (χ2v) is 3.20. The molecule has 0 aliphatic heterocycles. The van der Waals surface area contributed by atoms with E-state index in [1.165, 1.54) is 7.11 Å². The fraction of sp³-hybridized carbons (Fsp3) is 0.300. The summed E-state index contributed by atoms with van der Waals surface area (Å²) in [6, 6.07) is 1.86. The lowest BCUT2D eigenvalue weighted by atomic mass is 10.4. The first-order chi connectivity index (χ1) is 7.22. The van der Waals surface area contributed by atoms with Crippen LogP contribution in [-0.4, -0.2) is 27.6 Å². The number of pyridine rings is 1. The van der Waals surface area contributed by atoms with E-state index in [2.05, 4.69) is 14.7 Å². The van der Waals surface area contributed by atoms with Gasteiger partial charge in [-0.1, -0.05) is 0 Å². The molecule has 0 radical (unpaired) electrons. The van der Waals surface area contributed by atoms with E-state index in [9.17, 15) is 4.79 Å². The molecule has 0 fully saturated rings. The predicted octanol–water partition coefficient (Wildman–Crippen LogP) is 0.684. The first-order valence-electron chi connectivity index (χ1n) is 4.54. The van der Waals surface area contributed by atoms with Gasteiger partial charge in [-0.3, -0.25) is 9.78 Å². The number of hydrogen-bond acceptors (Lipinski definition) is 4. The van der Waals surface area contributed by atoms with Crippen LogP contribution in [-0.2, 0) is 23.0 Å². The molecule has 0 amide bonds. The van der Waals surface area contributed by atoms with Gasteiger partial charge in [0.15, 0.2) is 0 Å². The molecule has 0 saturated heterocycles. The third-order valence-corrected chi connectivity index (χ3v) is 2.31. The molecule has 5 heteroatoms. The number of carbonyl (C=O) groups is 1. The average molecular weight is 205 g/mol. The Bertz CT molecular complexity index is 504. The zero-order valence-corrected chi connectivity index (χ0v) is 8.60. The van der Waals surface area contributed by atoms with Crippen molar-refractivity contribution < 1.29 is 9.53 Å². The number of esters is 1. The summed E-state index contributed by atoms with van der Waals surface area (Å²) < 4.78 is 6.47. The standard InChI is InChI=1S/C10H11N3O2/c1-13-8-3-4-11-6-7(8)12-9(13)5-10(14)15-2/h3-4,6H,5H2,1-2H3. The molecule has 0 atom stereocenters. The summed E-state index contributed by atoms with van der Waals surface area (Å²) in [5.41, 5.74) is 1.75. The highest BCUT2D eigenvalue weighted by Crippen LogP contribution is 2.13. The van der Waals surface area contributed by atoms with E-state index in [0.717, 1.165) is 11.0 Å². The van der Waals surface area contributed by atoms with Gasteiger partial charge in [0.1, 0.15) is 17.8 Å². The average Bonchev–Trinajstić information content (AvgIpc) is 2.57. The molecular weight excluding hydrogens is 194 g/mol. The molecule has 2 aromatic rings. The van der Waals surface area contributed by atoms with Crippen LogP contribution >= 0.6 is 0 Å². The molecule has 0 saturated carbocycles. The molecule has 2 heterocycles. The topological polar surface area (TPSA) is 57.0 Å². The summed E-state index contributed by atoms with van der Waals surface area (Å²) in [6.07, 6.45) is 3.56. The van der Waals surface area contributed by atoms with Crippen molar-refractivity contribution in [1.82, 2.24) is 14.5 Å². The highest BCUT2D eigenvalue weighted by atomic mass is 16.5. The number of ether oxygens (including phenoxy) is 1. The van der Waals surface area contributed by atoms with E-state index in [-0.39, 0.29) is 12.4 Å². The zero-order valence-electron chi connectivity index (χ0n) is 8.60. The van der Waals surface area contributed by atoms with Crippen molar-refractivity contribution >= 4 is 17.0 Å². The van der Waals surface area contributed by atoms with Crippen molar-refractivity contribution in [3.63, 3.8) is 0 Å². The van der Waals surface area contributed by atoms with Crippen LogP contribution in [0.2, 0.25) is 0 Å². The number of carbonyl (C=O) groups excluding carboxylic acids is 1. The first-order valence-corrected chi connectivity index (χ1v) is 4.54. The Hall–Kier alpha value is -1.91. The number of imidazole rings is 1. The molecule has 78 valence electrons. The van der Waals surface area contributed by atoms with E-state index in [1.54, 1.807) is 12.4 Å². The summed E-state index contributed by atoms with van der Waals surface area (Å²) in [5, 5.41) is 0. The van der Waals surface area contributed by atoms with Crippen molar-refractivity contribution in [3.05, 3.63) is 24.3 Å². The maximum Gasteiger partial charge on any atom is 0.313 e. The Kier molecular flexibility index (Phi) is 2.37. The lowest BCUT2D eigenvalue weighted by Gasteiger charge is -2.00. The lowest BCUT2D eigenvalue weighted by Crippen LogP contribution is -2.09. The van der Waals surface area contributed by atoms with Gasteiger partial charge in [0.25, 0.3) is 0 Å². The van der Waals surface area contributed by atoms with Gasteiger partial charge in [0.05, 0.1) is 18.8 Å². The van der Waals surface area contributed by atoms with Crippen LogP contribution in [0.15, 0.2) is 18.5 Å². The molecule has 5 nitrogen and oxygen atoms in total. The number of aromatic nitrogens is 3. The van der Waals surface area contributed by atoms with Gasteiger partial charge in [-0.2, -0.15) is 0 Å². The molecule has 0 bridgehead atoms. The van der Waals surface area contributed by atoms with Crippen LogP contribution in [0.3, 0.4) is 0 Å². The van der Waals surface area contributed by atoms with Gasteiger partial charge < -0.3 is 9.30 Å². The summed E-state index contributed by atoms with van der Waals surface area (Å²) in [7, 11) is 3.24. The Labute approximate surface area is 86.7 Å². The van der Waals surface area contributed by atoms with Crippen LogP contribution in [0.25, 0.3) is 11.0 Å². The summed E-state index contributed by atoms with van der Waals surface area (Å²) in [6.45, 7) is 0. The fourth-order valence-electron chi connectivity index (χ4n) is 1.46. The molecule has 0 N–H and O–H groups in total. The maximum atomic E-state index is 11.1. The molecular formula is C10H11N3O2. The number of nitrogens with zero attached hydrogens (tertiary/aromatic N) is 3. The molecule has 0 aliphatic carbocycles. The minimum Gasteiger partial charge on any atom is -0.469 e. The summed E-state index contributed by atoms with van der Waals surface area (Å²) in [5.74, 6) is 0.395. The van der Waals surface area contributed by atoms with Crippen LogP contribution in [0, 0.1) is 0 Å². The number of rotatable bonds is 2. The van der Waals surface area contributed by atoms with Crippen molar-refractivity contribution in [2.45, 2.75) is 6.42 Å². The van der Waals surface area contributed by atoms with E-state index in [1.807, 2.05) is 17.7 Å². The number of hydrogen-bond donors (Lipinski definition) is 0. The van der Waals surface area contributed by atoms with Gasteiger partial charge in [-0.05, 0) is 6.07 Å². The SMILES string of the molecule is COC(=O)Cc1nc2cnccc2n1C. The minimum absolute atomic E-state index is 0.182. The van der Waals surface area contributed by atoms with Gasteiger partial charge in [0, 0.05) is 13.2 Å². The molecule has 15 heavy (non-hydrogen) atoms. The van der Waals surface area contributed by atoms with Gasteiger partial charge >= 0.3 is 5.97 Å². The van der Waals surface area contributed by atoms with Crippen molar-refractivity contribution in [2.24, 2.45) is 7.05 Å². The van der Waals surface area contributed by atoms with E-state index in [0.29, 0.717) is 5.82 Å². The minimum atomic E-state index is -0.290. The highest BCUT2D eigenvalue weighted by molar-refractivity contribution is 5.77. The monoisotopic (exact) mass is 205 g/mol. The molecule has 0 unspecified atom stereocenters.